The van der Waals surface area contributed by atoms with E-state index in [9.17, 15) is 10.1 Å². The third kappa shape index (κ3) is 4.22. The molecule has 0 fully saturated rings. The Balaban J connectivity index is 2.76. The number of nitrogens with zero attached hydrogens (tertiary/aromatic N) is 2. The van der Waals surface area contributed by atoms with Crippen molar-refractivity contribution in [2.75, 3.05) is 7.11 Å². The summed E-state index contributed by atoms with van der Waals surface area (Å²) in [7, 11) is -2.22. The summed E-state index contributed by atoms with van der Waals surface area (Å²) in [6, 6.07) is 8.86. The quantitative estimate of drug-likeness (QED) is 0.278. The zero-order valence-electron chi connectivity index (χ0n) is 18.1. The van der Waals surface area contributed by atoms with Crippen molar-refractivity contribution in [3.8, 4) is 0 Å². The minimum absolute atomic E-state index is 0.0699. The van der Waals surface area contributed by atoms with E-state index in [1.165, 1.54) is 7.11 Å². The summed E-state index contributed by atoms with van der Waals surface area (Å²) in [5.74, 6) is 1.47. The molecule has 0 bridgehead atoms. The van der Waals surface area contributed by atoms with Gasteiger partial charge in [-0.25, -0.2) is 0 Å². The van der Waals surface area contributed by atoms with Gasteiger partial charge >= 0.3 is 12.8 Å². The molecular weight excluding hydrogens is 371 g/mol. The molecule has 6 heteroatoms. The number of hydrogen-bond donors (Lipinski definition) is 0. The van der Waals surface area contributed by atoms with Gasteiger partial charge in [-0.15, -0.1) is 0 Å². The molecule has 1 aromatic carbocycles. The molecule has 0 saturated carbocycles. The minimum Gasteiger partial charge on any atom is -0.466 e. The van der Waals surface area contributed by atoms with Gasteiger partial charge in [-0.3, -0.25) is 4.57 Å². The van der Waals surface area contributed by atoms with Crippen molar-refractivity contribution in [2.45, 2.75) is 48.5 Å². The second kappa shape index (κ2) is 7.48. The maximum Gasteiger partial charge on any atom is 0.368 e. The lowest BCUT2D eigenvalue weighted by molar-refractivity contribution is -0.0107. The molecule has 1 aromatic rings. The lowest BCUT2D eigenvalue weighted by Gasteiger charge is -2.37. The van der Waals surface area contributed by atoms with E-state index >= 15 is 0 Å². The number of hydrogen-bond acceptors (Lipinski definition) is 3. The van der Waals surface area contributed by atoms with Gasteiger partial charge in [0.05, 0.1) is 0 Å². The smallest absolute Gasteiger partial charge is 0.368 e. The van der Waals surface area contributed by atoms with E-state index in [4.69, 9.17) is 9.26 Å². The zero-order valence-corrected chi connectivity index (χ0v) is 19.0. The molecule has 28 heavy (non-hydrogen) atoms. The Morgan fingerprint density at radius 2 is 1.50 bits per heavy atom. The van der Waals surface area contributed by atoms with Crippen molar-refractivity contribution < 1.29 is 18.6 Å². The summed E-state index contributed by atoms with van der Waals surface area (Å²) in [6.45, 7) is 14.2. The molecule has 1 atom stereocenters. The molecular formula is C22H31N2O3P. The lowest BCUT2D eigenvalue weighted by atomic mass is 9.79. The average molecular weight is 402 g/mol. The number of benzene rings is 1. The van der Waals surface area contributed by atoms with E-state index in [0.717, 1.165) is 11.5 Å². The van der Waals surface area contributed by atoms with Crippen molar-refractivity contribution >= 4 is 18.1 Å². The molecule has 1 heterocycles. The SMILES string of the molecule is COP(=O)(C(=[N+]=[N-])C1(C)C=C(C(C)(C)C)OC(C(C)(C)C)=C1)c1ccccc1. The van der Waals surface area contributed by atoms with Gasteiger partial charge in [0.1, 0.15) is 16.9 Å². The van der Waals surface area contributed by atoms with E-state index in [-0.39, 0.29) is 16.3 Å². The first kappa shape index (κ1) is 22.4. The molecule has 2 rings (SSSR count). The molecule has 1 aliphatic heterocycles. The van der Waals surface area contributed by atoms with Crippen LogP contribution in [0.3, 0.4) is 0 Å². The van der Waals surface area contributed by atoms with Crippen LogP contribution in [-0.2, 0) is 13.8 Å². The van der Waals surface area contributed by atoms with Crippen LogP contribution in [-0.4, -0.2) is 17.4 Å². The summed E-state index contributed by atoms with van der Waals surface area (Å²) in [4.78, 5) is 3.52. The lowest BCUT2D eigenvalue weighted by Crippen LogP contribution is -2.35. The standard InChI is InChI=1S/C22H31N2O3P/c1-20(2,3)17-14-22(7,15-18(27-17)21(4,5)6)19(24-23)28(25,26-8)16-12-10-9-11-13-16/h9-15H,1-8H3. The normalized spacial score (nSPS) is 18.9. The Labute approximate surface area is 168 Å². The topological polar surface area (TPSA) is 71.9 Å². The minimum atomic E-state index is -3.60. The van der Waals surface area contributed by atoms with Gasteiger partial charge in [-0.2, -0.15) is 4.79 Å². The predicted molar refractivity (Wildman–Crippen MR) is 114 cm³/mol. The fourth-order valence-corrected chi connectivity index (χ4v) is 5.13. The van der Waals surface area contributed by atoms with E-state index in [1.54, 1.807) is 24.3 Å². The Hall–Kier alpha value is -1.93. The van der Waals surface area contributed by atoms with Crippen LogP contribution in [0.25, 0.3) is 5.53 Å². The third-order valence-electron chi connectivity index (χ3n) is 4.77. The fraction of sp³-hybridized carbons (Fsp3) is 0.500. The molecule has 0 aromatic heterocycles. The van der Waals surface area contributed by atoms with Gasteiger partial charge in [0.25, 0.3) is 0 Å². The van der Waals surface area contributed by atoms with Crippen LogP contribution in [0, 0.1) is 16.2 Å². The second-order valence-corrected chi connectivity index (χ2v) is 11.8. The van der Waals surface area contributed by atoms with Crippen molar-refractivity contribution in [2.24, 2.45) is 16.2 Å². The monoisotopic (exact) mass is 402 g/mol. The van der Waals surface area contributed by atoms with E-state index < -0.39 is 12.8 Å². The highest BCUT2D eigenvalue weighted by Crippen LogP contribution is 2.55. The second-order valence-electron chi connectivity index (χ2n) is 9.40. The summed E-state index contributed by atoms with van der Waals surface area (Å²) < 4.78 is 25.6. The van der Waals surface area contributed by atoms with Gasteiger partial charge in [0, 0.05) is 23.2 Å². The van der Waals surface area contributed by atoms with Gasteiger partial charge in [-0.1, -0.05) is 59.7 Å². The molecule has 1 unspecified atom stereocenters. The zero-order chi connectivity index (χ0) is 21.4. The van der Waals surface area contributed by atoms with Gasteiger partial charge in [-0.05, 0) is 31.2 Å². The van der Waals surface area contributed by atoms with Crippen LogP contribution in [0.2, 0.25) is 0 Å². The first-order valence-corrected chi connectivity index (χ1v) is 11.0. The molecule has 0 N–H and O–H groups in total. The van der Waals surface area contributed by atoms with Crippen LogP contribution >= 0.6 is 7.37 Å². The van der Waals surface area contributed by atoms with Gasteiger partial charge in [0.2, 0.25) is 0 Å². The third-order valence-corrected chi connectivity index (χ3v) is 7.39. The fourth-order valence-electron chi connectivity index (χ4n) is 3.05. The van der Waals surface area contributed by atoms with Crippen LogP contribution in [0.5, 0.6) is 0 Å². The number of rotatable bonds is 4. The first-order valence-electron chi connectivity index (χ1n) is 9.37. The van der Waals surface area contributed by atoms with Crippen LogP contribution in [0.15, 0.2) is 54.0 Å². The van der Waals surface area contributed by atoms with E-state index in [1.807, 2.05) is 66.7 Å². The first-order chi connectivity index (χ1) is 12.8. The number of allylic oxidation sites excluding steroid dienone is 4. The largest absolute Gasteiger partial charge is 0.466 e. The Kier molecular flexibility index (Phi) is 5.97. The van der Waals surface area contributed by atoms with Gasteiger partial charge in [0.15, 0.2) is 0 Å². The Bertz CT molecular complexity index is 866. The summed E-state index contributed by atoms with van der Waals surface area (Å²) in [5, 5.41) is 0.481. The maximum atomic E-state index is 13.9. The van der Waals surface area contributed by atoms with Crippen molar-refractivity contribution in [1.29, 1.82) is 0 Å². The molecule has 1 aliphatic rings. The number of ether oxygens (including phenoxy) is 1. The highest BCUT2D eigenvalue weighted by atomic mass is 31.2. The summed E-state index contributed by atoms with van der Waals surface area (Å²) in [6.07, 6.45) is 3.76. The molecule has 5 nitrogen and oxygen atoms in total. The molecule has 0 aliphatic carbocycles. The Morgan fingerprint density at radius 1 is 1.04 bits per heavy atom. The van der Waals surface area contributed by atoms with Crippen LogP contribution in [0.4, 0.5) is 0 Å². The highest BCUT2D eigenvalue weighted by molar-refractivity contribution is 7.83. The molecule has 152 valence electrons. The molecule has 0 spiro atoms. The highest BCUT2D eigenvalue weighted by Gasteiger charge is 2.52. The Morgan fingerprint density at radius 3 is 1.86 bits per heavy atom. The van der Waals surface area contributed by atoms with Crippen molar-refractivity contribution in [3.05, 3.63) is 59.5 Å². The molecule has 0 saturated heterocycles. The van der Waals surface area contributed by atoms with Gasteiger partial charge < -0.3 is 14.8 Å². The van der Waals surface area contributed by atoms with Crippen LogP contribution in [0.1, 0.15) is 48.5 Å². The predicted octanol–water partition coefficient (Wildman–Crippen LogP) is 5.76. The van der Waals surface area contributed by atoms with Crippen molar-refractivity contribution in [3.63, 3.8) is 0 Å². The summed E-state index contributed by atoms with van der Waals surface area (Å²) >= 11 is 0. The summed E-state index contributed by atoms with van der Waals surface area (Å²) in [5.41, 5.74) is 8.55. The molecule has 0 amide bonds. The molecule has 0 radical (unpaired) electrons. The van der Waals surface area contributed by atoms with Crippen LogP contribution < -0.4 is 5.30 Å². The average Bonchev–Trinajstić information content (AvgIpc) is 2.60. The van der Waals surface area contributed by atoms with Crippen molar-refractivity contribution in [1.82, 2.24) is 0 Å². The van der Waals surface area contributed by atoms with E-state index in [0.29, 0.717) is 5.30 Å². The maximum absolute atomic E-state index is 13.9. The van der Waals surface area contributed by atoms with E-state index in [2.05, 4.69) is 4.79 Å².